The van der Waals surface area contributed by atoms with Gasteiger partial charge in [-0.3, -0.25) is 19.6 Å². The van der Waals surface area contributed by atoms with Crippen LogP contribution in [0.3, 0.4) is 0 Å². The van der Waals surface area contributed by atoms with Gasteiger partial charge in [-0.25, -0.2) is 0 Å². The molecule has 0 aliphatic rings. The molecule has 0 aliphatic carbocycles. The average molecular weight is 364 g/mol. The Bertz CT molecular complexity index is 1050. The second-order valence-corrected chi connectivity index (χ2v) is 6.25. The van der Waals surface area contributed by atoms with Crippen molar-refractivity contribution < 1.29 is 9.59 Å². The number of pyridine rings is 2. The minimum atomic E-state index is -0.136. The van der Waals surface area contributed by atoms with Crippen molar-refractivity contribution in [3.05, 3.63) is 120 Å². The molecular weight excluding hydrogens is 348 g/mol. The third-order valence-electron chi connectivity index (χ3n) is 4.38. The zero-order valence-electron chi connectivity index (χ0n) is 14.9. The van der Waals surface area contributed by atoms with Crippen LogP contribution >= 0.6 is 0 Å². The fourth-order valence-electron chi connectivity index (χ4n) is 2.97. The molecule has 0 radical (unpaired) electrons. The van der Waals surface area contributed by atoms with E-state index in [4.69, 9.17) is 0 Å². The Hall–Kier alpha value is -3.92. The van der Waals surface area contributed by atoms with Gasteiger partial charge >= 0.3 is 0 Å². The van der Waals surface area contributed by atoms with Crippen molar-refractivity contribution in [1.29, 1.82) is 0 Å². The third-order valence-corrected chi connectivity index (χ3v) is 4.38. The van der Waals surface area contributed by atoms with Crippen LogP contribution in [-0.2, 0) is 0 Å². The quantitative estimate of drug-likeness (QED) is 0.485. The normalized spacial score (nSPS) is 10.4. The summed E-state index contributed by atoms with van der Waals surface area (Å²) in [5, 5.41) is 0. The first-order chi connectivity index (χ1) is 13.7. The van der Waals surface area contributed by atoms with Crippen molar-refractivity contribution in [2.45, 2.75) is 0 Å². The molecule has 28 heavy (non-hydrogen) atoms. The average Bonchev–Trinajstić information content (AvgIpc) is 2.79. The summed E-state index contributed by atoms with van der Waals surface area (Å²) in [5.41, 5.74) is 3.63. The van der Waals surface area contributed by atoms with E-state index in [1.54, 1.807) is 60.9 Å². The molecule has 0 atom stereocenters. The molecule has 0 amide bonds. The maximum absolute atomic E-state index is 12.7. The molecule has 134 valence electrons. The Kier molecular flexibility index (Phi) is 4.85. The highest BCUT2D eigenvalue weighted by Crippen LogP contribution is 2.23. The Labute approximate surface area is 162 Å². The van der Waals surface area contributed by atoms with E-state index < -0.39 is 0 Å². The Morgan fingerprint density at radius 3 is 1.39 bits per heavy atom. The zero-order chi connectivity index (χ0) is 19.3. The molecule has 2 aromatic heterocycles. The van der Waals surface area contributed by atoms with Gasteiger partial charge in [-0.15, -0.1) is 0 Å². The van der Waals surface area contributed by atoms with Gasteiger partial charge < -0.3 is 0 Å². The lowest BCUT2D eigenvalue weighted by Gasteiger charge is -2.07. The van der Waals surface area contributed by atoms with E-state index in [9.17, 15) is 9.59 Å². The number of aromatic nitrogens is 2. The van der Waals surface area contributed by atoms with Gasteiger partial charge in [0.05, 0.1) is 0 Å². The number of ketones is 2. The molecule has 2 aromatic carbocycles. The Morgan fingerprint density at radius 1 is 0.536 bits per heavy atom. The van der Waals surface area contributed by atoms with Crippen molar-refractivity contribution in [3.63, 3.8) is 0 Å². The molecular formula is C24H16N2O2. The van der Waals surface area contributed by atoms with Gasteiger partial charge in [0.25, 0.3) is 0 Å². The van der Waals surface area contributed by atoms with Crippen LogP contribution in [-0.4, -0.2) is 21.5 Å². The molecule has 0 unspecified atom stereocenters. The largest absolute Gasteiger partial charge is 0.287 e. The van der Waals surface area contributed by atoms with E-state index in [0.717, 1.165) is 11.1 Å². The van der Waals surface area contributed by atoms with Gasteiger partial charge in [-0.1, -0.05) is 48.5 Å². The molecule has 2 heterocycles. The molecule has 4 aromatic rings. The molecule has 0 saturated heterocycles. The van der Waals surface area contributed by atoms with Crippen molar-refractivity contribution >= 4 is 11.6 Å². The summed E-state index contributed by atoms with van der Waals surface area (Å²) in [6.07, 6.45) is 3.20. The number of carbonyl (C=O) groups excluding carboxylic acids is 2. The molecule has 0 saturated carbocycles. The van der Waals surface area contributed by atoms with Crippen LogP contribution in [0.1, 0.15) is 32.1 Å². The highest BCUT2D eigenvalue weighted by Gasteiger charge is 2.13. The van der Waals surface area contributed by atoms with E-state index >= 15 is 0 Å². The van der Waals surface area contributed by atoms with E-state index in [1.807, 2.05) is 36.4 Å². The van der Waals surface area contributed by atoms with E-state index in [0.29, 0.717) is 22.5 Å². The van der Waals surface area contributed by atoms with Crippen LogP contribution in [0.5, 0.6) is 0 Å². The van der Waals surface area contributed by atoms with Crippen molar-refractivity contribution in [3.8, 4) is 11.1 Å². The van der Waals surface area contributed by atoms with E-state index in [-0.39, 0.29) is 11.6 Å². The first-order valence-corrected chi connectivity index (χ1v) is 8.84. The van der Waals surface area contributed by atoms with Crippen LogP contribution in [0.4, 0.5) is 0 Å². The predicted molar refractivity (Wildman–Crippen MR) is 107 cm³/mol. The first-order valence-electron chi connectivity index (χ1n) is 8.84. The SMILES string of the molecule is O=C(c1cccc(-c2cccc(C(=O)c3ccccn3)c2)c1)c1ccccn1. The predicted octanol–water partition coefficient (Wildman–Crippen LogP) is 4.61. The lowest BCUT2D eigenvalue weighted by Crippen LogP contribution is -2.04. The van der Waals surface area contributed by atoms with E-state index in [1.165, 1.54) is 0 Å². The topological polar surface area (TPSA) is 59.9 Å². The summed E-state index contributed by atoms with van der Waals surface area (Å²) < 4.78 is 0. The Balaban J connectivity index is 1.67. The molecule has 4 nitrogen and oxygen atoms in total. The number of rotatable bonds is 5. The fraction of sp³-hybridized carbons (Fsp3) is 0. The third kappa shape index (κ3) is 3.62. The second kappa shape index (κ2) is 7.76. The summed E-state index contributed by atoms with van der Waals surface area (Å²) in [4.78, 5) is 33.6. The number of hydrogen-bond donors (Lipinski definition) is 0. The highest BCUT2D eigenvalue weighted by atomic mass is 16.1. The summed E-state index contributed by atoms with van der Waals surface area (Å²) in [6, 6.07) is 25.2. The highest BCUT2D eigenvalue weighted by molar-refractivity contribution is 6.09. The second-order valence-electron chi connectivity index (χ2n) is 6.25. The van der Waals surface area contributed by atoms with Gasteiger partial charge in [0.2, 0.25) is 11.6 Å². The molecule has 0 N–H and O–H groups in total. The number of hydrogen-bond acceptors (Lipinski definition) is 4. The fourth-order valence-corrected chi connectivity index (χ4v) is 2.97. The molecule has 0 aliphatic heterocycles. The molecule has 0 spiro atoms. The lowest BCUT2D eigenvalue weighted by atomic mass is 9.97. The lowest BCUT2D eigenvalue weighted by molar-refractivity contribution is 0.102. The molecule has 4 heteroatoms. The van der Waals surface area contributed by atoms with Crippen molar-refractivity contribution in [2.24, 2.45) is 0 Å². The molecule has 0 fully saturated rings. The van der Waals surface area contributed by atoms with Gasteiger partial charge in [-0.05, 0) is 47.5 Å². The van der Waals surface area contributed by atoms with Gasteiger partial charge in [0, 0.05) is 23.5 Å². The Morgan fingerprint density at radius 2 is 1.00 bits per heavy atom. The monoisotopic (exact) mass is 364 g/mol. The summed E-state index contributed by atoms with van der Waals surface area (Å²) >= 11 is 0. The summed E-state index contributed by atoms with van der Waals surface area (Å²) in [5.74, 6) is -0.272. The van der Waals surface area contributed by atoms with Gasteiger partial charge in [-0.2, -0.15) is 0 Å². The van der Waals surface area contributed by atoms with E-state index in [2.05, 4.69) is 9.97 Å². The van der Waals surface area contributed by atoms with Crippen LogP contribution in [0.25, 0.3) is 11.1 Å². The number of nitrogens with zero attached hydrogens (tertiary/aromatic N) is 2. The maximum atomic E-state index is 12.7. The van der Waals surface area contributed by atoms with Crippen LogP contribution < -0.4 is 0 Å². The smallest absolute Gasteiger partial charge is 0.211 e. The minimum Gasteiger partial charge on any atom is -0.287 e. The van der Waals surface area contributed by atoms with Gasteiger partial charge in [0.1, 0.15) is 11.4 Å². The number of carbonyl (C=O) groups is 2. The zero-order valence-corrected chi connectivity index (χ0v) is 14.9. The summed E-state index contributed by atoms with van der Waals surface area (Å²) in [6.45, 7) is 0. The molecule has 0 bridgehead atoms. The van der Waals surface area contributed by atoms with Crippen LogP contribution in [0, 0.1) is 0 Å². The van der Waals surface area contributed by atoms with Crippen LogP contribution in [0.2, 0.25) is 0 Å². The first kappa shape index (κ1) is 17.5. The van der Waals surface area contributed by atoms with Crippen molar-refractivity contribution in [2.75, 3.05) is 0 Å². The van der Waals surface area contributed by atoms with Crippen LogP contribution in [0.15, 0.2) is 97.3 Å². The minimum absolute atomic E-state index is 0.136. The van der Waals surface area contributed by atoms with Gasteiger partial charge in [0.15, 0.2) is 0 Å². The summed E-state index contributed by atoms with van der Waals surface area (Å²) in [7, 11) is 0. The van der Waals surface area contributed by atoms with Crippen molar-refractivity contribution in [1.82, 2.24) is 9.97 Å². The maximum Gasteiger partial charge on any atom is 0.211 e. The molecule has 4 rings (SSSR count). The standard InChI is InChI=1S/C24H16N2O2/c27-23(21-11-1-3-13-25-21)19-9-5-7-17(15-19)18-8-6-10-20(16-18)24(28)22-12-2-4-14-26-22/h1-16H. The number of benzene rings is 2.